The van der Waals surface area contributed by atoms with Crippen LogP contribution in [0.1, 0.15) is 32.3 Å². The summed E-state index contributed by atoms with van der Waals surface area (Å²) in [4.78, 5) is 38.6. The number of hydrogen-bond acceptors (Lipinski definition) is 6. The molecule has 0 spiro atoms. The van der Waals surface area contributed by atoms with Crippen LogP contribution in [-0.2, 0) is 26.2 Å². The molecule has 0 bridgehead atoms. The third-order valence-corrected chi connectivity index (χ3v) is 8.22. The fraction of sp³-hybridized carbons (Fsp3) is 0.286. The van der Waals surface area contributed by atoms with Crippen LogP contribution in [0.5, 0.6) is 0 Å². The molecule has 0 saturated heterocycles. The summed E-state index contributed by atoms with van der Waals surface area (Å²) in [5.41, 5.74) is 0.486. The van der Waals surface area contributed by atoms with E-state index in [9.17, 15) is 28.1 Å². The summed E-state index contributed by atoms with van der Waals surface area (Å²) < 4.78 is 28.3. The van der Waals surface area contributed by atoms with Crippen molar-refractivity contribution in [3.8, 4) is 0 Å². The predicted octanol–water partition coefficient (Wildman–Crippen LogP) is 4.78. The van der Waals surface area contributed by atoms with Gasteiger partial charge in [0.25, 0.3) is 15.7 Å². The summed E-state index contributed by atoms with van der Waals surface area (Å²) >= 11 is 6.14. The minimum atomic E-state index is -4.26. The molecule has 0 aliphatic carbocycles. The van der Waals surface area contributed by atoms with E-state index in [2.05, 4.69) is 5.32 Å². The molecule has 0 aromatic heterocycles. The van der Waals surface area contributed by atoms with Crippen molar-refractivity contribution in [3.63, 3.8) is 0 Å². The molecule has 0 aliphatic heterocycles. The van der Waals surface area contributed by atoms with Gasteiger partial charge in [0.05, 0.1) is 15.5 Å². The molecule has 3 aromatic rings. The lowest BCUT2D eigenvalue weighted by molar-refractivity contribution is -0.384. The van der Waals surface area contributed by atoms with Crippen LogP contribution in [0.15, 0.2) is 83.8 Å². The lowest BCUT2D eigenvalue weighted by atomic mass is 10.1. The third-order valence-electron chi connectivity index (χ3n) is 6.20. The number of rotatable bonds is 13. The van der Waals surface area contributed by atoms with Crippen molar-refractivity contribution in [2.45, 2.75) is 44.2 Å². The van der Waals surface area contributed by atoms with Crippen molar-refractivity contribution in [2.24, 2.45) is 0 Å². The molecule has 212 valence electrons. The van der Waals surface area contributed by atoms with Gasteiger partial charge in [-0.15, -0.1) is 0 Å². The summed E-state index contributed by atoms with van der Waals surface area (Å²) in [7, 11) is -4.26. The first kappa shape index (κ1) is 30.6. The molecular weight excluding hydrogens is 556 g/mol. The number of halogens is 1. The number of carbonyl (C=O) groups excluding carboxylic acids is 2. The van der Waals surface area contributed by atoms with Crippen molar-refractivity contribution in [3.05, 3.63) is 99.6 Å². The van der Waals surface area contributed by atoms with Gasteiger partial charge >= 0.3 is 0 Å². The molecular formula is C28H31ClN4O6S. The summed E-state index contributed by atoms with van der Waals surface area (Å²) in [5.74, 6) is -1.02. The Morgan fingerprint density at radius 3 is 2.30 bits per heavy atom. The van der Waals surface area contributed by atoms with Crippen molar-refractivity contribution >= 4 is 44.8 Å². The Kier molecular flexibility index (Phi) is 10.6. The molecule has 1 N–H and O–H groups in total. The van der Waals surface area contributed by atoms with Crippen molar-refractivity contribution < 1.29 is 22.9 Å². The first-order valence-corrected chi connectivity index (χ1v) is 14.5. The molecule has 0 aliphatic rings. The molecule has 40 heavy (non-hydrogen) atoms. The second kappa shape index (κ2) is 13.9. The molecule has 12 heteroatoms. The number of benzene rings is 3. The van der Waals surface area contributed by atoms with E-state index in [0.717, 1.165) is 17.1 Å². The number of non-ortho nitro benzene ring substituents is 1. The third kappa shape index (κ3) is 7.80. The van der Waals surface area contributed by atoms with E-state index in [0.29, 0.717) is 17.1 Å². The molecule has 10 nitrogen and oxygen atoms in total. The minimum Gasteiger partial charge on any atom is -0.354 e. The highest BCUT2D eigenvalue weighted by molar-refractivity contribution is 7.92. The van der Waals surface area contributed by atoms with Gasteiger partial charge in [-0.1, -0.05) is 55.3 Å². The zero-order valence-electron chi connectivity index (χ0n) is 22.2. The van der Waals surface area contributed by atoms with Crippen LogP contribution < -0.4 is 9.62 Å². The maximum absolute atomic E-state index is 13.8. The highest BCUT2D eigenvalue weighted by Crippen LogP contribution is 2.26. The second-order valence-electron chi connectivity index (χ2n) is 9.07. The van der Waals surface area contributed by atoms with Gasteiger partial charge in [-0.2, -0.15) is 0 Å². The Hall–Kier alpha value is -3.96. The van der Waals surface area contributed by atoms with Crippen LogP contribution in [0.4, 0.5) is 11.4 Å². The quantitative estimate of drug-likeness (QED) is 0.174. The zero-order chi connectivity index (χ0) is 29.3. The first-order chi connectivity index (χ1) is 19.0. The SMILES string of the molecule is CCCCNC(=O)C(C)N(Cc1cccc(Cl)c1)C(=O)CN(c1ccc([N+](=O)[O-])cc1)S(=O)(=O)c1ccccc1. The van der Waals surface area contributed by atoms with Crippen molar-refractivity contribution in [1.29, 1.82) is 0 Å². The largest absolute Gasteiger partial charge is 0.354 e. The highest BCUT2D eigenvalue weighted by Gasteiger charge is 2.32. The average molecular weight is 587 g/mol. The van der Waals surface area contributed by atoms with E-state index in [1.54, 1.807) is 49.4 Å². The fourth-order valence-electron chi connectivity index (χ4n) is 3.94. The summed E-state index contributed by atoms with van der Waals surface area (Å²) in [6.45, 7) is 3.36. The minimum absolute atomic E-state index is 0.00123. The number of anilines is 1. The highest BCUT2D eigenvalue weighted by atomic mass is 35.5. The van der Waals surface area contributed by atoms with Gasteiger partial charge in [-0.3, -0.25) is 24.0 Å². The Labute approximate surface area is 238 Å². The Morgan fingerprint density at radius 2 is 1.70 bits per heavy atom. The number of amides is 2. The molecule has 0 saturated carbocycles. The van der Waals surface area contributed by atoms with Crippen LogP contribution in [0.3, 0.4) is 0 Å². The molecule has 0 heterocycles. The topological polar surface area (TPSA) is 130 Å². The molecule has 1 atom stereocenters. The van der Waals surface area contributed by atoms with E-state index < -0.39 is 33.4 Å². The summed E-state index contributed by atoms with van der Waals surface area (Å²) in [6.07, 6.45) is 1.64. The lowest BCUT2D eigenvalue weighted by Crippen LogP contribution is -2.51. The number of nitrogens with zero attached hydrogens (tertiary/aromatic N) is 3. The van der Waals surface area contributed by atoms with Gasteiger partial charge < -0.3 is 10.2 Å². The first-order valence-electron chi connectivity index (χ1n) is 12.7. The fourth-order valence-corrected chi connectivity index (χ4v) is 5.59. The molecule has 2 amide bonds. The van der Waals surface area contributed by atoms with Gasteiger partial charge in [-0.25, -0.2) is 8.42 Å². The average Bonchev–Trinajstić information content (AvgIpc) is 2.94. The standard InChI is InChI=1S/C28H31ClN4O6S/c1-3-4-17-30-28(35)21(2)31(19-22-9-8-10-23(29)18-22)27(34)20-32(24-13-15-25(16-14-24)33(36)37)40(38,39)26-11-6-5-7-12-26/h5-16,18,21H,3-4,17,19-20H2,1-2H3,(H,30,35). The zero-order valence-corrected chi connectivity index (χ0v) is 23.8. The number of nitrogens with one attached hydrogen (secondary N) is 1. The number of nitro benzene ring substituents is 1. The Balaban J connectivity index is 2.01. The second-order valence-corrected chi connectivity index (χ2v) is 11.4. The van der Waals surface area contributed by atoms with Gasteiger partial charge in [0.1, 0.15) is 12.6 Å². The Bertz CT molecular complexity index is 1430. The van der Waals surface area contributed by atoms with Gasteiger partial charge in [0, 0.05) is 30.2 Å². The van der Waals surface area contributed by atoms with E-state index >= 15 is 0 Å². The van der Waals surface area contributed by atoms with Crippen molar-refractivity contribution in [2.75, 3.05) is 17.4 Å². The summed E-state index contributed by atoms with van der Waals surface area (Å²) in [5, 5.41) is 14.4. The lowest BCUT2D eigenvalue weighted by Gasteiger charge is -2.32. The van der Waals surface area contributed by atoms with E-state index in [1.165, 1.54) is 41.3 Å². The van der Waals surface area contributed by atoms with Crippen LogP contribution in [0.25, 0.3) is 0 Å². The Morgan fingerprint density at radius 1 is 1.02 bits per heavy atom. The molecule has 3 aromatic carbocycles. The maximum atomic E-state index is 13.8. The van der Waals surface area contributed by atoms with Gasteiger partial charge in [-0.05, 0) is 55.3 Å². The monoisotopic (exact) mass is 586 g/mol. The number of nitro groups is 1. The van der Waals surface area contributed by atoms with Crippen molar-refractivity contribution in [1.82, 2.24) is 10.2 Å². The normalized spacial score (nSPS) is 11.9. The van der Waals surface area contributed by atoms with Gasteiger partial charge in [0.2, 0.25) is 11.8 Å². The van der Waals surface area contributed by atoms with Crippen LogP contribution in [0.2, 0.25) is 5.02 Å². The molecule has 3 rings (SSSR count). The number of sulfonamides is 1. The molecule has 0 fully saturated rings. The van der Waals surface area contributed by atoms with Gasteiger partial charge in [0.15, 0.2) is 0 Å². The van der Waals surface area contributed by atoms with Crippen LogP contribution in [-0.4, -0.2) is 49.2 Å². The summed E-state index contributed by atoms with van der Waals surface area (Å²) in [6, 6.07) is 18.3. The van der Waals surface area contributed by atoms with E-state index in [4.69, 9.17) is 11.6 Å². The number of hydrogen-bond donors (Lipinski definition) is 1. The van der Waals surface area contributed by atoms with E-state index in [-0.39, 0.29) is 28.7 Å². The van der Waals surface area contributed by atoms with E-state index in [1.807, 2.05) is 6.92 Å². The molecule has 1 unspecified atom stereocenters. The molecule has 0 radical (unpaired) electrons. The van der Waals surface area contributed by atoms with Crippen LogP contribution in [0, 0.1) is 10.1 Å². The number of unbranched alkanes of at least 4 members (excludes halogenated alkanes) is 1. The maximum Gasteiger partial charge on any atom is 0.269 e. The number of carbonyl (C=O) groups is 2. The smallest absolute Gasteiger partial charge is 0.269 e. The predicted molar refractivity (Wildman–Crippen MR) is 153 cm³/mol. The van der Waals surface area contributed by atoms with Crippen LogP contribution >= 0.6 is 11.6 Å².